The zero-order valence-corrected chi connectivity index (χ0v) is 17.5. The Morgan fingerprint density at radius 3 is 2.96 bits per heavy atom. The molecule has 4 rings (SSSR count). The first kappa shape index (κ1) is 19.1. The van der Waals surface area contributed by atoms with Gasteiger partial charge in [0.05, 0.1) is 6.54 Å². The summed E-state index contributed by atoms with van der Waals surface area (Å²) in [4.78, 5) is 12.3. The predicted octanol–water partition coefficient (Wildman–Crippen LogP) is 4.01. The molecule has 4 nitrogen and oxygen atoms in total. The summed E-state index contributed by atoms with van der Waals surface area (Å²) in [6, 6.07) is 6.12. The van der Waals surface area contributed by atoms with Crippen molar-refractivity contribution in [2.24, 2.45) is 22.7 Å². The van der Waals surface area contributed by atoms with Crippen molar-refractivity contribution in [1.82, 2.24) is 15.2 Å². The number of likely N-dealkylation sites (tertiary alicyclic amines) is 1. The number of aliphatic imine (C=N–C) groups is 1. The Morgan fingerprint density at radius 2 is 2.22 bits per heavy atom. The normalized spacial score (nSPS) is 35.6. The summed E-state index contributed by atoms with van der Waals surface area (Å²) < 4.78 is 0. The van der Waals surface area contributed by atoms with E-state index in [4.69, 9.17) is 4.99 Å². The van der Waals surface area contributed by atoms with Crippen LogP contribution in [0.25, 0.3) is 0 Å². The van der Waals surface area contributed by atoms with E-state index in [0.717, 1.165) is 18.4 Å². The van der Waals surface area contributed by atoms with Crippen LogP contribution in [0.2, 0.25) is 0 Å². The Kier molecular flexibility index (Phi) is 5.65. The summed E-state index contributed by atoms with van der Waals surface area (Å²) in [6.07, 6.45) is 6.83. The number of hydrogen-bond acceptors (Lipinski definition) is 4. The van der Waals surface area contributed by atoms with Gasteiger partial charge >= 0.3 is 0 Å². The van der Waals surface area contributed by atoms with Gasteiger partial charge in [0.25, 0.3) is 0 Å². The SMILES string of the molecule is CCC(C)C1=NCC(N2CCC3NC(c4cccnc4C)CC3C2)C(C)C1. The first-order chi connectivity index (χ1) is 13.1. The molecule has 0 aliphatic carbocycles. The summed E-state index contributed by atoms with van der Waals surface area (Å²) in [5, 5.41) is 3.92. The van der Waals surface area contributed by atoms with Crippen LogP contribution in [0.1, 0.15) is 63.8 Å². The molecule has 27 heavy (non-hydrogen) atoms. The first-order valence-corrected chi connectivity index (χ1v) is 11.0. The monoisotopic (exact) mass is 368 g/mol. The lowest BCUT2D eigenvalue weighted by atomic mass is 9.84. The van der Waals surface area contributed by atoms with E-state index in [0.29, 0.717) is 24.0 Å². The third-order valence-electron chi connectivity index (χ3n) is 7.46. The van der Waals surface area contributed by atoms with Crippen molar-refractivity contribution in [1.29, 1.82) is 0 Å². The highest BCUT2D eigenvalue weighted by atomic mass is 15.2. The van der Waals surface area contributed by atoms with Crippen molar-refractivity contribution >= 4 is 5.71 Å². The molecule has 1 aromatic rings. The van der Waals surface area contributed by atoms with Crippen LogP contribution in [0.3, 0.4) is 0 Å². The third-order valence-corrected chi connectivity index (χ3v) is 7.46. The van der Waals surface area contributed by atoms with Gasteiger partial charge in [-0.1, -0.05) is 26.8 Å². The minimum absolute atomic E-state index is 0.479. The standard InChI is InChI=1S/C23H36N4/c1-5-15(2)21-11-16(3)23(13-25-21)27-10-8-20-18(14-27)12-22(26-20)19-7-6-9-24-17(19)4/h6-7,9,15-16,18,20,22-23,26H,5,8,10-14H2,1-4H3. The number of nitrogens with one attached hydrogen (secondary N) is 1. The average Bonchev–Trinajstić information content (AvgIpc) is 3.10. The minimum atomic E-state index is 0.479. The molecule has 4 heteroatoms. The topological polar surface area (TPSA) is 40.5 Å². The van der Waals surface area contributed by atoms with Crippen LogP contribution in [-0.2, 0) is 0 Å². The quantitative estimate of drug-likeness (QED) is 0.873. The van der Waals surface area contributed by atoms with Crippen molar-refractivity contribution in [3.05, 3.63) is 29.6 Å². The van der Waals surface area contributed by atoms with Gasteiger partial charge < -0.3 is 5.32 Å². The number of nitrogens with zero attached hydrogens (tertiary/aromatic N) is 3. The van der Waals surface area contributed by atoms with E-state index in [-0.39, 0.29) is 0 Å². The van der Waals surface area contributed by atoms with Gasteiger partial charge in [-0.15, -0.1) is 0 Å². The van der Waals surface area contributed by atoms with Gasteiger partial charge in [-0.3, -0.25) is 14.9 Å². The maximum absolute atomic E-state index is 5.02. The van der Waals surface area contributed by atoms with Crippen LogP contribution < -0.4 is 5.32 Å². The second kappa shape index (κ2) is 8.00. The van der Waals surface area contributed by atoms with Crippen LogP contribution in [-0.4, -0.2) is 47.3 Å². The molecule has 3 aliphatic rings. The molecule has 0 aromatic carbocycles. The van der Waals surface area contributed by atoms with Crippen LogP contribution in [0.15, 0.2) is 23.3 Å². The Bertz CT molecular complexity index is 685. The number of hydrogen-bond donors (Lipinski definition) is 1. The smallest absolute Gasteiger partial charge is 0.0547 e. The number of piperidine rings is 1. The van der Waals surface area contributed by atoms with E-state index < -0.39 is 0 Å². The highest BCUT2D eigenvalue weighted by Crippen LogP contribution is 2.38. The van der Waals surface area contributed by atoms with Gasteiger partial charge in [0.15, 0.2) is 0 Å². The van der Waals surface area contributed by atoms with Crippen LogP contribution >= 0.6 is 0 Å². The lowest BCUT2D eigenvalue weighted by Crippen LogP contribution is -2.53. The largest absolute Gasteiger partial charge is 0.307 e. The highest BCUT2D eigenvalue weighted by molar-refractivity contribution is 5.87. The van der Waals surface area contributed by atoms with Gasteiger partial charge in [0, 0.05) is 48.8 Å². The lowest BCUT2D eigenvalue weighted by molar-refractivity contribution is 0.0872. The summed E-state index contributed by atoms with van der Waals surface area (Å²) in [7, 11) is 0. The van der Waals surface area contributed by atoms with Crippen molar-refractivity contribution < 1.29 is 0 Å². The number of pyridine rings is 1. The Hall–Kier alpha value is -1.26. The summed E-state index contributed by atoms with van der Waals surface area (Å²) in [5.74, 6) is 2.14. The Labute approximate surface area is 164 Å². The Balaban J connectivity index is 1.40. The molecule has 2 fully saturated rings. The molecule has 1 aromatic heterocycles. The minimum Gasteiger partial charge on any atom is -0.307 e. The molecule has 148 valence electrons. The van der Waals surface area contributed by atoms with Gasteiger partial charge in [-0.2, -0.15) is 0 Å². The fourth-order valence-corrected chi connectivity index (χ4v) is 5.52. The van der Waals surface area contributed by atoms with Gasteiger partial charge in [-0.05, 0) is 62.0 Å². The lowest BCUT2D eigenvalue weighted by Gasteiger charge is -2.43. The van der Waals surface area contributed by atoms with Crippen molar-refractivity contribution in [2.75, 3.05) is 19.6 Å². The van der Waals surface area contributed by atoms with Crippen LogP contribution in [0, 0.1) is 24.7 Å². The molecule has 4 heterocycles. The molecular weight excluding hydrogens is 332 g/mol. The average molecular weight is 369 g/mol. The van der Waals surface area contributed by atoms with E-state index in [1.54, 1.807) is 0 Å². The fourth-order valence-electron chi connectivity index (χ4n) is 5.52. The number of aromatic nitrogens is 1. The maximum atomic E-state index is 5.02. The molecule has 0 spiro atoms. The predicted molar refractivity (Wildman–Crippen MR) is 112 cm³/mol. The maximum Gasteiger partial charge on any atom is 0.0547 e. The van der Waals surface area contributed by atoms with Gasteiger partial charge in [-0.25, -0.2) is 0 Å². The molecule has 6 atom stereocenters. The zero-order valence-electron chi connectivity index (χ0n) is 17.5. The Morgan fingerprint density at radius 1 is 1.37 bits per heavy atom. The van der Waals surface area contributed by atoms with E-state index in [2.05, 4.69) is 55.0 Å². The summed E-state index contributed by atoms with van der Waals surface area (Å²) in [5.41, 5.74) is 4.04. The molecular formula is C23H36N4. The first-order valence-electron chi connectivity index (χ1n) is 11.0. The third kappa shape index (κ3) is 3.84. The second-order valence-corrected chi connectivity index (χ2v) is 9.17. The number of aryl methyl sites for hydroxylation is 1. The molecule has 0 amide bonds. The molecule has 0 bridgehead atoms. The number of rotatable bonds is 4. The number of fused-ring (bicyclic) bond motifs is 1. The summed E-state index contributed by atoms with van der Waals surface area (Å²) >= 11 is 0. The van der Waals surface area contributed by atoms with Gasteiger partial charge in [0.2, 0.25) is 0 Å². The van der Waals surface area contributed by atoms with Gasteiger partial charge in [0.1, 0.15) is 0 Å². The molecule has 0 saturated carbocycles. The van der Waals surface area contributed by atoms with Crippen LogP contribution in [0.5, 0.6) is 0 Å². The molecule has 1 N–H and O–H groups in total. The highest BCUT2D eigenvalue weighted by Gasteiger charge is 2.41. The van der Waals surface area contributed by atoms with E-state index in [1.807, 2.05) is 6.20 Å². The molecule has 2 saturated heterocycles. The summed E-state index contributed by atoms with van der Waals surface area (Å²) in [6.45, 7) is 12.7. The van der Waals surface area contributed by atoms with Crippen molar-refractivity contribution in [3.63, 3.8) is 0 Å². The van der Waals surface area contributed by atoms with Crippen molar-refractivity contribution in [2.45, 2.75) is 71.5 Å². The van der Waals surface area contributed by atoms with Crippen LogP contribution in [0.4, 0.5) is 0 Å². The molecule has 0 radical (unpaired) electrons. The second-order valence-electron chi connectivity index (χ2n) is 9.17. The van der Waals surface area contributed by atoms with E-state index >= 15 is 0 Å². The molecule has 3 aliphatic heterocycles. The fraction of sp³-hybridized carbons (Fsp3) is 0.739. The van der Waals surface area contributed by atoms with E-state index in [1.165, 1.54) is 55.7 Å². The van der Waals surface area contributed by atoms with E-state index in [9.17, 15) is 0 Å². The van der Waals surface area contributed by atoms with Crippen molar-refractivity contribution in [3.8, 4) is 0 Å². The zero-order chi connectivity index (χ0) is 19.0. The molecule has 6 unspecified atom stereocenters.